The number of ether oxygens (including phenoxy) is 1. The van der Waals surface area contributed by atoms with Gasteiger partial charge in [0.15, 0.2) is 6.61 Å². The fourth-order valence-electron chi connectivity index (χ4n) is 4.18. The highest BCUT2D eigenvalue weighted by atomic mass is 16.5. The van der Waals surface area contributed by atoms with Crippen LogP contribution in [0.2, 0.25) is 0 Å². The molecule has 1 aromatic heterocycles. The van der Waals surface area contributed by atoms with Gasteiger partial charge in [0.2, 0.25) is 0 Å². The van der Waals surface area contributed by atoms with Crippen molar-refractivity contribution in [3.05, 3.63) is 126 Å². The summed E-state index contributed by atoms with van der Waals surface area (Å²) in [5, 5.41) is 3.54. The van der Waals surface area contributed by atoms with Crippen LogP contribution in [0.4, 0.5) is 11.4 Å². The Morgan fingerprint density at radius 3 is 2.18 bits per heavy atom. The molecule has 5 rings (SSSR count). The van der Waals surface area contributed by atoms with E-state index in [1.807, 2.05) is 72.8 Å². The molecule has 0 saturated carbocycles. The summed E-state index contributed by atoms with van der Waals surface area (Å²) < 4.78 is 5.32. The number of hydrogen-bond donors (Lipinski definition) is 1. The molecule has 0 spiro atoms. The quantitative estimate of drug-likeness (QED) is 0.270. The molecule has 0 atom stereocenters. The normalized spacial score (nSPS) is 10.6. The number of amides is 2. The molecule has 7 nitrogen and oxygen atoms in total. The Hall–Kier alpha value is -5.30. The van der Waals surface area contributed by atoms with E-state index < -0.39 is 18.5 Å². The van der Waals surface area contributed by atoms with Crippen LogP contribution in [0, 0.1) is 0 Å². The van der Waals surface area contributed by atoms with Crippen LogP contribution >= 0.6 is 0 Å². The van der Waals surface area contributed by atoms with E-state index in [2.05, 4.69) is 5.32 Å². The summed E-state index contributed by atoms with van der Waals surface area (Å²) in [5.74, 6) is -1.50. The highest BCUT2D eigenvalue weighted by Crippen LogP contribution is 2.26. The maximum Gasteiger partial charge on any atom is 0.340 e. The van der Waals surface area contributed by atoms with Gasteiger partial charge in [-0.1, -0.05) is 78.9 Å². The lowest BCUT2D eigenvalue weighted by Crippen LogP contribution is -2.31. The fraction of sp³-hybridized carbons (Fsp3) is 0.0625. The average molecular weight is 516 g/mol. The van der Waals surface area contributed by atoms with Crippen LogP contribution in [0.25, 0.3) is 22.2 Å². The standard InChI is InChI=1S/C32H25N3O4/c1-35(23-14-6-3-7-15-23)30(36)21-39-32(38)25-17-9-11-19-28(25)34-31(37)26-20-29(22-12-4-2-5-13-22)33-27-18-10-8-16-24(26)27/h2-20H,21H2,1H3,(H,34,37). The number of hydrogen-bond acceptors (Lipinski definition) is 5. The number of carbonyl (C=O) groups excluding carboxylic acids is 3. The molecule has 0 fully saturated rings. The Kier molecular flexibility index (Phi) is 7.41. The van der Waals surface area contributed by atoms with Gasteiger partial charge >= 0.3 is 5.97 Å². The van der Waals surface area contributed by atoms with Gasteiger partial charge in [-0.05, 0) is 36.4 Å². The van der Waals surface area contributed by atoms with Gasteiger partial charge < -0.3 is 15.0 Å². The van der Waals surface area contributed by atoms with E-state index in [4.69, 9.17) is 9.72 Å². The first-order valence-corrected chi connectivity index (χ1v) is 12.4. The van der Waals surface area contributed by atoms with Crippen molar-refractivity contribution in [1.29, 1.82) is 0 Å². The number of pyridine rings is 1. The van der Waals surface area contributed by atoms with Crippen LogP contribution in [0.3, 0.4) is 0 Å². The van der Waals surface area contributed by atoms with E-state index in [0.29, 0.717) is 27.8 Å². The summed E-state index contributed by atoms with van der Waals surface area (Å²) in [4.78, 5) is 45.2. The molecule has 5 aromatic rings. The highest BCUT2D eigenvalue weighted by Gasteiger charge is 2.20. The lowest BCUT2D eigenvalue weighted by Gasteiger charge is -2.17. The molecule has 0 aliphatic heterocycles. The first-order valence-electron chi connectivity index (χ1n) is 12.4. The Morgan fingerprint density at radius 2 is 1.41 bits per heavy atom. The average Bonchev–Trinajstić information content (AvgIpc) is 2.99. The van der Waals surface area contributed by atoms with Crippen molar-refractivity contribution in [2.24, 2.45) is 0 Å². The summed E-state index contributed by atoms with van der Waals surface area (Å²) in [6.45, 7) is -0.443. The van der Waals surface area contributed by atoms with Gasteiger partial charge in [0.1, 0.15) is 0 Å². The molecule has 1 N–H and O–H groups in total. The molecule has 0 aliphatic carbocycles. The van der Waals surface area contributed by atoms with Gasteiger partial charge in [-0.2, -0.15) is 0 Å². The molecule has 1 heterocycles. The predicted octanol–water partition coefficient (Wildman–Crippen LogP) is 5.97. The first-order chi connectivity index (χ1) is 19.0. The summed E-state index contributed by atoms with van der Waals surface area (Å²) >= 11 is 0. The number of aromatic nitrogens is 1. The molecule has 192 valence electrons. The molecule has 0 radical (unpaired) electrons. The third kappa shape index (κ3) is 5.67. The maximum absolute atomic E-state index is 13.5. The molecule has 4 aromatic carbocycles. The Labute approximate surface area is 225 Å². The molecule has 7 heteroatoms. The molecule has 0 bridgehead atoms. The van der Waals surface area contributed by atoms with Gasteiger partial charge in [0, 0.05) is 23.7 Å². The second-order valence-electron chi connectivity index (χ2n) is 8.80. The number of nitrogens with zero attached hydrogens (tertiary/aromatic N) is 2. The van der Waals surface area contributed by atoms with Crippen molar-refractivity contribution in [1.82, 2.24) is 4.98 Å². The van der Waals surface area contributed by atoms with E-state index in [0.717, 1.165) is 5.56 Å². The van der Waals surface area contributed by atoms with Crippen LogP contribution in [0.15, 0.2) is 115 Å². The third-order valence-electron chi connectivity index (χ3n) is 6.27. The Bertz CT molecular complexity index is 1650. The summed E-state index contributed by atoms with van der Waals surface area (Å²) in [6, 6.07) is 34.4. The van der Waals surface area contributed by atoms with E-state index in [1.54, 1.807) is 49.5 Å². The third-order valence-corrected chi connectivity index (χ3v) is 6.27. The van der Waals surface area contributed by atoms with Gasteiger partial charge in [0.25, 0.3) is 11.8 Å². The van der Waals surface area contributed by atoms with E-state index in [-0.39, 0.29) is 17.2 Å². The lowest BCUT2D eigenvalue weighted by molar-refractivity contribution is -0.121. The van der Waals surface area contributed by atoms with E-state index in [9.17, 15) is 14.4 Å². The zero-order chi connectivity index (χ0) is 27.2. The molecule has 0 aliphatic rings. The second kappa shape index (κ2) is 11.4. The number of benzene rings is 4. The topological polar surface area (TPSA) is 88.6 Å². The minimum absolute atomic E-state index is 0.141. The minimum Gasteiger partial charge on any atom is -0.452 e. The minimum atomic E-state index is -0.717. The van der Waals surface area contributed by atoms with Crippen LogP contribution in [0.5, 0.6) is 0 Å². The van der Waals surface area contributed by atoms with Crippen molar-refractivity contribution in [3.63, 3.8) is 0 Å². The van der Waals surface area contributed by atoms with Crippen molar-refractivity contribution in [3.8, 4) is 11.3 Å². The zero-order valence-electron chi connectivity index (χ0n) is 21.2. The smallest absolute Gasteiger partial charge is 0.340 e. The number of para-hydroxylation sites is 3. The number of nitrogens with one attached hydrogen (secondary N) is 1. The largest absolute Gasteiger partial charge is 0.452 e. The van der Waals surface area contributed by atoms with Gasteiger partial charge in [-0.15, -0.1) is 0 Å². The van der Waals surface area contributed by atoms with Crippen LogP contribution in [-0.2, 0) is 9.53 Å². The van der Waals surface area contributed by atoms with Crippen LogP contribution in [-0.4, -0.2) is 36.4 Å². The van der Waals surface area contributed by atoms with Crippen molar-refractivity contribution in [2.75, 3.05) is 23.9 Å². The van der Waals surface area contributed by atoms with Crippen molar-refractivity contribution < 1.29 is 19.1 Å². The molecule has 2 amide bonds. The number of rotatable bonds is 7. The summed E-state index contributed by atoms with van der Waals surface area (Å²) in [6.07, 6.45) is 0. The number of likely N-dealkylation sites (N-methyl/N-ethyl adjacent to an activating group) is 1. The van der Waals surface area contributed by atoms with Crippen molar-refractivity contribution in [2.45, 2.75) is 0 Å². The SMILES string of the molecule is CN(C(=O)COC(=O)c1ccccc1NC(=O)c1cc(-c2ccccc2)nc2ccccc12)c1ccccc1. The number of anilines is 2. The van der Waals surface area contributed by atoms with Crippen LogP contribution in [0.1, 0.15) is 20.7 Å². The number of carbonyl (C=O) groups is 3. The summed E-state index contributed by atoms with van der Waals surface area (Å²) in [5.41, 5.74) is 3.74. The van der Waals surface area contributed by atoms with Gasteiger partial charge in [-0.25, -0.2) is 9.78 Å². The fourth-order valence-corrected chi connectivity index (χ4v) is 4.18. The predicted molar refractivity (Wildman–Crippen MR) is 152 cm³/mol. The second-order valence-corrected chi connectivity index (χ2v) is 8.80. The maximum atomic E-state index is 13.5. The van der Waals surface area contributed by atoms with E-state index >= 15 is 0 Å². The molecular weight excluding hydrogens is 490 g/mol. The van der Waals surface area contributed by atoms with Crippen molar-refractivity contribution >= 4 is 40.1 Å². The first kappa shape index (κ1) is 25.4. The van der Waals surface area contributed by atoms with Gasteiger partial charge in [-0.3, -0.25) is 9.59 Å². The highest BCUT2D eigenvalue weighted by molar-refractivity contribution is 6.14. The van der Waals surface area contributed by atoms with Crippen LogP contribution < -0.4 is 10.2 Å². The Balaban J connectivity index is 1.37. The monoisotopic (exact) mass is 515 g/mol. The lowest BCUT2D eigenvalue weighted by atomic mass is 10.0. The number of fused-ring (bicyclic) bond motifs is 1. The molecule has 0 unspecified atom stereocenters. The molecule has 39 heavy (non-hydrogen) atoms. The van der Waals surface area contributed by atoms with E-state index in [1.165, 1.54) is 4.90 Å². The molecule has 0 saturated heterocycles. The summed E-state index contributed by atoms with van der Waals surface area (Å²) in [7, 11) is 1.61. The number of esters is 1. The van der Waals surface area contributed by atoms with Gasteiger partial charge in [0.05, 0.1) is 28.0 Å². The zero-order valence-corrected chi connectivity index (χ0v) is 21.2. The molecular formula is C32H25N3O4. The Morgan fingerprint density at radius 1 is 0.769 bits per heavy atom.